The molecule has 1 saturated heterocycles. The molecule has 0 atom stereocenters. The lowest BCUT2D eigenvalue weighted by Crippen LogP contribution is -2.26. The van der Waals surface area contributed by atoms with Crippen LogP contribution < -0.4 is 4.74 Å². The Bertz CT molecular complexity index is 487. The van der Waals surface area contributed by atoms with Gasteiger partial charge in [0.25, 0.3) is 0 Å². The Balaban J connectivity index is 1.85. The molecule has 0 aromatic heterocycles. The maximum atomic E-state index is 11.8. The van der Waals surface area contributed by atoms with E-state index >= 15 is 0 Å². The first-order valence-corrected chi connectivity index (χ1v) is 7.21. The number of carbonyl (C=O) groups excluding carboxylic acids is 1. The summed E-state index contributed by atoms with van der Waals surface area (Å²) >= 11 is 0. The van der Waals surface area contributed by atoms with Crippen LogP contribution in [0.1, 0.15) is 47.7 Å². The van der Waals surface area contributed by atoms with Gasteiger partial charge in [-0.25, -0.2) is 0 Å². The van der Waals surface area contributed by atoms with Crippen molar-refractivity contribution in [1.29, 1.82) is 0 Å². The van der Waals surface area contributed by atoms with Gasteiger partial charge in [0.15, 0.2) is 5.78 Å². The Morgan fingerprint density at radius 2 is 2.05 bits per heavy atom. The molecule has 1 aromatic rings. The van der Waals surface area contributed by atoms with E-state index in [1.807, 2.05) is 6.07 Å². The SMILES string of the molecule is CCc1cc2c(cc1OC1CCOCC1)CCC2=O. The van der Waals surface area contributed by atoms with Gasteiger partial charge in [-0.05, 0) is 36.1 Å². The first-order valence-electron chi connectivity index (χ1n) is 7.21. The highest BCUT2D eigenvalue weighted by molar-refractivity contribution is 6.00. The van der Waals surface area contributed by atoms with Gasteiger partial charge in [0.1, 0.15) is 11.9 Å². The number of aryl methyl sites for hydroxylation is 2. The number of ketones is 1. The van der Waals surface area contributed by atoms with E-state index in [-0.39, 0.29) is 11.9 Å². The summed E-state index contributed by atoms with van der Waals surface area (Å²) in [6.07, 6.45) is 4.59. The fourth-order valence-corrected chi connectivity index (χ4v) is 2.88. The number of hydrogen-bond acceptors (Lipinski definition) is 3. The molecule has 3 nitrogen and oxygen atoms in total. The molecule has 1 aliphatic carbocycles. The molecule has 102 valence electrons. The van der Waals surface area contributed by atoms with Crippen molar-refractivity contribution in [3.05, 3.63) is 28.8 Å². The lowest BCUT2D eigenvalue weighted by Gasteiger charge is -2.25. The van der Waals surface area contributed by atoms with E-state index in [0.29, 0.717) is 6.42 Å². The second-order valence-electron chi connectivity index (χ2n) is 5.32. The fraction of sp³-hybridized carbons (Fsp3) is 0.562. The van der Waals surface area contributed by atoms with Gasteiger partial charge in [0.2, 0.25) is 0 Å². The topological polar surface area (TPSA) is 35.5 Å². The van der Waals surface area contributed by atoms with Gasteiger partial charge >= 0.3 is 0 Å². The van der Waals surface area contributed by atoms with E-state index in [9.17, 15) is 4.79 Å². The fourth-order valence-electron chi connectivity index (χ4n) is 2.88. The molecule has 0 bridgehead atoms. The molecule has 1 aliphatic heterocycles. The Hall–Kier alpha value is -1.35. The summed E-state index contributed by atoms with van der Waals surface area (Å²) in [5.74, 6) is 1.25. The molecule has 0 unspecified atom stereocenters. The van der Waals surface area contributed by atoms with E-state index in [0.717, 1.165) is 61.3 Å². The van der Waals surface area contributed by atoms with Crippen molar-refractivity contribution in [3.8, 4) is 5.75 Å². The average molecular weight is 260 g/mol. The highest BCUT2D eigenvalue weighted by Crippen LogP contribution is 2.31. The van der Waals surface area contributed by atoms with Crippen LogP contribution in [-0.2, 0) is 17.6 Å². The Labute approximate surface area is 113 Å². The summed E-state index contributed by atoms with van der Waals surface area (Å²) in [5.41, 5.74) is 3.22. The largest absolute Gasteiger partial charge is 0.490 e. The summed E-state index contributed by atoms with van der Waals surface area (Å²) in [5, 5.41) is 0. The molecule has 3 heteroatoms. The zero-order valence-electron chi connectivity index (χ0n) is 11.4. The molecule has 1 fully saturated rings. The Kier molecular flexibility index (Phi) is 3.56. The highest BCUT2D eigenvalue weighted by atomic mass is 16.5. The van der Waals surface area contributed by atoms with Gasteiger partial charge < -0.3 is 9.47 Å². The Morgan fingerprint density at radius 3 is 2.79 bits per heavy atom. The molecule has 3 rings (SSSR count). The minimum atomic E-state index is 0.259. The van der Waals surface area contributed by atoms with Crippen molar-refractivity contribution in [2.75, 3.05) is 13.2 Å². The predicted octanol–water partition coefficient (Wildman–Crippen LogP) is 2.94. The van der Waals surface area contributed by atoms with Crippen molar-refractivity contribution >= 4 is 5.78 Å². The zero-order chi connectivity index (χ0) is 13.2. The van der Waals surface area contributed by atoms with Gasteiger partial charge in [0.05, 0.1) is 13.2 Å². The second-order valence-corrected chi connectivity index (χ2v) is 5.32. The van der Waals surface area contributed by atoms with Crippen LogP contribution >= 0.6 is 0 Å². The molecule has 1 heterocycles. The number of rotatable bonds is 3. The molecule has 0 saturated carbocycles. The van der Waals surface area contributed by atoms with E-state index in [1.54, 1.807) is 0 Å². The van der Waals surface area contributed by atoms with E-state index in [1.165, 1.54) is 0 Å². The lowest BCUT2D eigenvalue weighted by atomic mass is 10.0. The summed E-state index contributed by atoms with van der Waals surface area (Å²) in [4.78, 5) is 11.8. The van der Waals surface area contributed by atoms with E-state index < -0.39 is 0 Å². The van der Waals surface area contributed by atoms with Gasteiger partial charge in [-0.15, -0.1) is 0 Å². The van der Waals surface area contributed by atoms with Gasteiger partial charge in [-0.3, -0.25) is 4.79 Å². The normalized spacial score (nSPS) is 19.5. The van der Waals surface area contributed by atoms with Crippen LogP contribution in [0.5, 0.6) is 5.75 Å². The number of ether oxygens (including phenoxy) is 2. The third kappa shape index (κ3) is 2.52. The predicted molar refractivity (Wildman–Crippen MR) is 72.9 cm³/mol. The zero-order valence-corrected chi connectivity index (χ0v) is 11.4. The number of benzene rings is 1. The quantitative estimate of drug-likeness (QED) is 0.838. The molecular weight excluding hydrogens is 240 g/mol. The molecule has 0 N–H and O–H groups in total. The lowest BCUT2D eigenvalue weighted by molar-refractivity contribution is 0.0252. The van der Waals surface area contributed by atoms with Crippen LogP contribution in [-0.4, -0.2) is 25.1 Å². The minimum absolute atomic E-state index is 0.259. The van der Waals surface area contributed by atoms with Crippen LogP contribution in [0.25, 0.3) is 0 Å². The summed E-state index contributed by atoms with van der Waals surface area (Å²) in [7, 11) is 0. The van der Waals surface area contributed by atoms with Crippen LogP contribution in [0.2, 0.25) is 0 Å². The van der Waals surface area contributed by atoms with Gasteiger partial charge in [-0.2, -0.15) is 0 Å². The highest BCUT2D eigenvalue weighted by Gasteiger charge is 2.23. The van der Waals surface area contributed by atoms with Crippen molar-refractivity contribution in [1.82, 2.24) is 0 Å². The van der Waals surface area contributed by atoms with E-state index in [2.05, 4.69) is 13.0 Å². The third-order valence-electron chi connectivity index (χ3n) is 4.05. The smallest absolute Gasteiger partial charge is 0.163 e. The third-order valence-corrected chi connectivity index (χ3v) is 4.05. The van der Waals surface area contributed by atoms with Crippen molar-refractivity contribution in [2.45, 2.75) is 45.1 Å². The van der Waals surface area contributed by atoms with E-state index in [4.69, 9.17) is 9.47 Å². The molecule has 0 amide bonds. The molecule has 0 spiro atoms. The number of carbonyl (C=O) groups is 1. The Morgan fingerprint density at radius 1 is 1.26 bits per heavy atom. The first-order chi connectivity index (χ1) is 9.28. The minimum Gasteiger partial charge on any atom is -0.490 e. The summed E-state index contributed by atoms with van der Waals surface area (Å²) in [6, 6.07) is 4.13. The van der Waals surface area contributed by atoms with Gasteiger partial charge in [-0.1, -0.05) is 6.92 Å². The van der Waals surface area contributed by atoms with Crippen molar-refractivity contribution < 1.29 is 14.3 Å². The number of Topliss-reactive ketones (excluding diaryl/α,β-unsaturated/α-hetero) is 1. The summed E-state index contributed by atoms with van der Waals surface area (Å²) < 4.78 is 11.5. The number of hydrogen-bond donors (Lipinski definition) is 0. The molecule has 0 radical (unpaired) electrons. The second kappa shape index (κ2) is 5.33. The van der Waals surface area contributed by atoms with Crippen LogP contribution in [0, 0.1) is 0 Å². The van der Waals surface area contributed by atoms with Crippen molar-refractivity contribution in [3.63, 3.8) is 0 Å². The first kappa shape index (κ1) is 12.7. The van der Waals surface area contributed by atoms with Crippen LogP contribution in [0.4, 0.5) is 0 Å². The van der Waals surface area contributed by atoms with Crippen LogP contribution in [0.15, 0.2) is 12.1 Å². The summed E-state index contributed by atoms with van der Waals surface area (Å²) in [6.45, 7) is 3.68. The molecule has 19 heavy (non-hydrogen) atoms. The maximum absolute atomic E-state index is 11.8. The molecular formula is C16H20O3. The van der Waals surface area contributed by atoms with Gasteiger partial charge in [0, 0.05) is 24.8 Å². The average Bonchev–Trinajstić information content (AvgIpc) is 2.80. The maximum Gasteiger partial charge on any atom is 0.163 e. The van der Waals surface area contributed by atoms with Crippen molar-refractivity contribution in [2.24, 2.45) is 0 Å². The number of fused-ring (bicyclic) bond motifs is 1. The standard InChI is InChI=1S/C16H20O3/c1-2-11-9-14-12(3-4-15(14)17)10-16(11)19-13-5-7-18-8-6-13/h9-10,13H,2-8H2,1H3. The van der Waals surface area contributed by atoms with Crippen LogP contribution in [0.3, 0.4) is 0 Å². The molecule has 1 aromatic carbocycles. The monoisotopic (exact) mass is 260 g/mol. The molecule has 2 aliphatic rings.